The molecule has 2 aromatic heterocycles. The van der Waals surface area contributed by atoms with E-state index in [0.29, 0.717) is 13.1 Å². The smallest absolute Gasteiger partial charge is 0.178 e. The van der Waals surface area contributed by atoms with E-state index in [0.717, 1.165) is 52.6 Å². The maximum atomic E-state index is 12.9. The Bertz CT molecular complexity index is 1250. The summed E-state index contributed by atoms with van der Waals surface area (Å²) in [5.41, 5.74) is 3.47. The van der Waals surface area contributed by atoms with Crippen LogP contribution >= 0.6 is 0 Å². The van der Waals surface area contributed by atoms with Gasteiger partial charge in [0.15, 0.2) is 11.6 Å². The number of benzene rings is 2. The van der Waals surface area contributed by atoms with Crippen LogP contribution in [0.3, 0.4) is 0 Å². The summed E-state index contributed by atoms with van der Waals surface area (Å²) in [5, 5.41) is 1.95. The van der Waals surface area contributed by atoms with Crippen LogP contribution in [-0.4, -0.2) is 70.1 Å². The van der Waals surface area contributed by atoms with Crippen molar-refractivity contribution in [3.8, 4) is 0 Å². The van der Waals surface area contributed by atoms with Crippen LogP contribution in [0.4, 0.5) is 0 Å². The van der Waals surface area contributed by atoms with E-state index in [1.807, 2.05) is 60.9 Å². The second kappa shape index (κ2) is 8.13. The number of Topliss-reactive ketones (excluding diaryl/α,β-unsaturated/α-hetero) is 2. The van der Waals surface area contributed by atoms with Gasteiger partial charge in [0.25, 0.3) is 0 Å². The van der Waals surface area contributed by atoms with Crippen molar-refractivity contribution >= 4 is 33.4 Å². The second-order valence-electron chi connectivity index (χ2n) is 8.40. The van der Waals surface area contributed by atoms with Crippen LogP contribution in [0.5, 0.6) is 0 Å². The van der Waals surface area contributed by atoms with Crippen LogP contribution in [0, 0.1) is 0 Å². The summed E-state index contributed by atoms with van der Waals surface area (Å²) in [4.78, 5) is 36.6. The first-order chi connectivity index (χ1) is 15.1. The highest BCUT2D eigenvalue weighted by Crippen LogP contribution is 2.21. The van der Waals surface area contributed by atoms with Crippen LogP contribution in [0.1, 0.15) is 27.6 Å². The first kappa shape index (κ1) is 19.7. The van der Waals surface area contributed by atoms with Crippen molar-refractivity contribution in [1.29, 1.82) is 0 Å². The third-order valence-corrected chi connectivity index (χ3v) is 6.34. The summed E-state index contributed by atoms with van der Waals surface area (Å²) in [6.45, 7) is 5.25. The molecule has 1 aliphatic rings. The number of hydrogen-bond acceptors (Lipinski definition) is 4. The molecule has 6 heteroatoms. The number of fused-ring (bicyclic) bond motifs is 2. The van der Waals surface area contributed by atoms with E-state index in [1.165, 1.54) is 0 Å². The number of nitrogens with one attached hydrogen (secondary N) is 2. The van der Waals surface area contributed by atoms with Gasteiger partial charge in [-0.3, -0.25) is 19.4 Å². The first-order valence-corrected chi connectivity index (χ1v) is 10.7. The van der Waals surface area contributed by atoms with Gasteiger partial charge in [-0.1, -0.05) is 36.4 Å². The Hall–Kier alpha value is -3.22. The van der Waals surface area contributed by atoms with E-state index >= 15 is 0 Å². The zero-order valence-corrected chi connectivity index (χ0v) is 17.6. The van der Waals surface area contributed by atoms with E-state index in [1.54, 1.807) is 0 Å². The first-order valence-electron chi connectivity index (χ1n) is 10.7. The van der Waals surface area contributed by atoms with Crippen molar-refractivity contribution in [3.63, 3.8) is 0 Å². The van der Waals surface area contributed by atoms with E-state index in [9.17, 15) is 9.59 Å². The number of carbonyl (C=O) groups is 2. The van der Waals surface area contributed by atoms with Gasteiger partial charge in [-0.05, 0) is 19.1 Å². The van der Waals surface area contributed by atoms with Crippen molar-refractivity contribution < 1.29 is 9.59 Å². The Morgan fingerprint density at radius 3 is 1.97 bits per heavy atom. The van der Waals surface area contributed by atoms with Crippen molar-refractivity contribution in [2.75, 3.05) is 32.7 Å². The minimum absolute atomic E-state index is 0.132. The predicted molar refractivity (Wildman–Crippen MR) is 123 cm³/mol. The number of aromatic nitrogens is 2. The van der Waals surface area contributed by atoms with Gasteiger partial charge in [0, 0.05) is 71.0 Å². The molecular formula is C25H26N4O2. The van der Waals surface area contributed by atoms with Crippen LogP contribution in [0.25, 0.3) is 21.8 Å². The third kappa shape index (κ3) is 3.80. The molecule has 2 aromatic carbocycles. The highest BCUT2D eigenvalue weighted by molar-refractivity contribution is 6.09. The fourth-order valence-corrected chi connectivity index (χ4v) is 4.61. The van der Waals surface area contributed by atoms with Crippen LogP contribution in [0.2, 0.25) is 0 Å². The highest BCUT2D eigenvalue weighted by atomic mass is 16.1. The SMILES string of the molecule is CC1CN(CC(=O)c2c[nH]c3ccccc23)CCN1CC(=O)c1c[nH]c2ccccc12. The molecule has 0 aliphatic carbocycles. The van der Waals surface area contributed by atoms with Gasteiger partial charge in [-0.2, -0.15) is 0 Å². The Kier molecular flexibility index (Phi) is 5.18. The van der Waals surface area contributed by atoms with E-state index < -0.39 is 0 Å². The number of rotatable bonds is 6. The van der Waals surface area contributed by atoms with Gasteiger partial charge in [0.1, 0.15) is 0 Å². The van der Waals surface area contributed by atoms with Crippen LogP contribution < -0.4 is 0 Å². The second-order valence-corrected chi connectivity index (χ2v) is 8.40. The molecule has 0 spiro atoms. The molecular weight excluding hydrogens is 388 g/mol. The molecule has 1 unspecified atom stereocenters. The van der Waals surface area contributed by atoms with Crippen LogP contribution in [-0.2, 0) is 0 Å². The minimum atomic E-state index is 0.132. The van der Waals surface area contributed by atoms with Gasteiger partial charge in [0.2, 0.25) is 0 Å². The Morgan fingerprint density at radius 1 is 0.839 bits per heavy atom. The standard InChI is InChI=1S/C25H26N4O2/c1-17-14-28(15-24(30)20-12-26-22-8-4-2-6-18(20)22)10-11-29(17)16-25(31)21-13-27-23-9-5-3-7-19(21)23/h2-9,12-13,17,26-27H,10-11,14-16H2,1H3. The zero-order valence-electron chi connectivity index (χ0n) is 17.6. The summed E-state index contributed by atoms with van der Waals surface area (Å²) < 4.78 is 0. The molecule has 4 aromatic rings. The number of para-hydroxylation sites is 2. The molecule has 1 fully saturated rings. The molecule has 0 bridgehead atoms. The molecule has 1 atom stereocenters. The highest BCUT2D eigenvalue weighted by Gasteiger charge is 2.27. The largest absolute Gasteiger partial charge is 0.360 e. The topological polar surface area (TPSA) is 72.2 Å². The molecule has 0 saturated carbocycles. The number of ketones is 2. The molecule has 0 radical (unpaired) electrons. The lowest BCUT2D eigenvalue weighted by atomic mass is 10.1. The monoisotopic (exact) mass is 414 g/mol. The lowest BCUT2D eigenvalue weighted by molar-refractivity contribution is 0.0630. The van der Waals surface area contributed by atoms with Crippen LogP contribution in [0.15, 0.2) is 60.9 Å². The normalized spacial score (nSPS) is 18.0. The lowest BCUT2D eigenvalue weighted by Crippen LogP contribution is -2.54. The van der Waals surface area contributed by atoms with Gasteiger partial charge >= 0.3 is 0 Å². The summed E-state index contributed by atoms with van der Waals surface area (Å²) >= 11 is 0. The van der Waals surface area contributed by atoms with Gasteiger partial charge in [-0.25, -0.2) is 0 Å². The average Bonchev–Trinajstić information content (AvgIpc) is 3.40. The molecule has 0 amide bonds. The number of hydrogen-bond donors (Lipinski definition) is 2. The fourth-order valence-electron chi connectivity index (χ4n) is 4.61. The number of carbonyl (C=O) groups excluding carboxylic acids is 2. The van der Waals surface area contributed by atoms with Gasteiger partial charge in [-0.15, -0.1) is 0 Å². The molecule has 6 nitrogen and oxygen atoms in total. The van der Waals surface area contributed by atoms with E-state index in [4.69, 9.17) is 0 Å². The molecule has 2 N–H and O–H groups in total. The molecule has 158 valence electrons. The van der Waals surface area contributed by atoms with E-state index in [2.05, 4.69) is 26.7 Å². The maximum absolute atomic E-state index is 12.9. The summed E-state index contributed by atoms with van der Waals surface area (Å²) in [6.07, 6.45) is 3.63. The number of H-pyrrole nitrogens is 2. The number of aromatic amines is 2. The molecule has 1 saturated heterocycles. The van der Waals surface area contributed by atoms with Gasteiger partial charge < -0.3 is 9.97 Å². The zero-order chi connectivity index (χ0) is 21.4. The molecule has 1 aliphatic heterocycles. The number of nitrogens with zero attached hydrogens (tertiary/aromatic N) is 2. The predicted octanol–water partition coefficient (Wildman–Crippen LogP) is 3.72. The molecule has 5 rings (SSSR count). The third-order valence-electron chi connectivity index (χ3n) is 6.34. The number of piperazine rings is 1. The quantitative estimate of drug-likeness (QED) is 0.472. The van der Waals surface area contributed by atoms with Gasteiger partial charge in [0.05, 0.1) is 13.1 Å². The summed E-state index contributed by atoms with van der Waals surface area (Å²) in [7, 11) is 0. The maximum Gasteiger partial charge on any atom is 0.178 e. The molecule has 31 heavy (non-hydrogen) atoms. The van der Waals surface area contributed by atoms with E-state index in [-0.39, 0.29) is 17.6 Å². The summed E-state index contributed by atoms with van der Waals surface area (Å²) in [6, 6.07) is 16.0. The Morgan fingerprint density at radius 2 is 1.39 bits per heavy atom. The summed E-state index contributed by atoms with van der Waals surface area (Å²) in [5.74, 6) is 0.264. The van der Waals surface area contributed by atoms with Crippen molar-refractivity contribution in [2.24, 2.45) is 0 Å². The van der Waals surface area contributed by atoms with Crippen molar-refractivity contribution in [3.05, 3.63) is 72.1 Å². The average molecular weight is 415 g/mol. The minimum Gasteiger partial charge on any atom is -0.360 e. The lowest BCUT2D eigenvalue weighted by Gasteiger charge is -2.39. The van der Waals surface area contributed by atoms with Crippen molar-refractivity contribution in [1.82, 2.24) is 19.8 Å². The Labute approximate surface area is 180 Å². The Balaban J connectivity index is 1.21. The van der Waals surface area contributed by atoms with Crippen molar-refractivity contribution in [2.45, 2.75) is 13.0 Å². The molecule has 3 heterocycles. The fraction of sp³-hybridized carbons (Fsp3) is 0.280.